The lowest BCUT2D eigenvalue weighted by molar-refractivity contribution is -0.122. The molecule has 0 aliphatic carbocycles. The van der Waals surface area contributed by atoms with Gasteiger partial charge in [0.1, 0.15) is 17.5 Å². The van der Waals surface area contributed by atoms with Gasteiger partial charge in [0.25, 0.3) is 17.7 Å². The van der Waals surface area contributed by atoms with Gasteiger partial charge in [0, 0.05) is 10.2 Å². The Bertz CT molecular complexity index is 1310. The van der Waals surface area contributed by atoms with Gasteiger partial charge in [-0.25, -0.2) is 10.3 Å². The van der Waals surface area contributed by atoms with Gasteiger partial charge >= 0.3 is 0 Å². The van der Waals surface area contributed by atoms with E-state index in [1.807, 2.05) is 0 Å². The van der Waals surface area contributed by atoms with Crippen LogP contribution in [-0.4, -0.2) is 43.4 Å². The SMILES string of the molecule is COc1ccc(N2C(=O)C[C@H](NNC(=O)c3ccccc3OCC(=O)Nc3ccc(Br)cc3)C2=O)cc1. The van der Waals surface area contributed by atoms with Crippen molar-refractivity contribution in [3.63, 3.8) is 0 Å². The second kappa shape index (κ2) is 11.7. The van der Waals surface area contributed by atoms with Crippen molar-refractivity contribution in [2.45, 2.75) is 12.5 Å². The van der Waals surface area contributed by atoms with Gasteiger partial charge in [0.2, 0.25) is 5.91 Å². The second-order valence-electron chi connectivity index (χ2n) is 7.96. The third-order valence-corrected chi connectivity index (χ3v) is 5.98. The maximum Gasteiger partial charge on any atom is 0.269 e. The molecule has 0 spiro atoms. The summed E-state index contributed by atoms with van der Waals surface area (Å²) in [5.41, 5.74) is 6.26. The lowest BCUT2D eigenvalue weighted by Gasteiger charge is -2.17. The molecule has 0 bridgehead atoms. The summed E-state index contributed by atoms with van der Waals surface area (Å²) in [6, 6.07) is 19.0. The quantitative estimate of drug-likeness (QED) is 0.268. The molecule has 0 unspecified atom stereocenters. The van der Waals surface area contributed by atoms with Crippen LogP contribution in [-0.2, 0) is 14.4 Å². The average Bonchev–Trinajstić information content (AvgIpc) is 3.20. The standard InChI is InChI=1S/C26H23BrN4O6/c1-36-19-12-10-18(11-13-19)31-24(33)14-21(26(31)35)29-30-25(34)20-4-2-3-5-22(20)37-15-23(32)28-17-8-6-16(27)7-9-17/h2-13,21,29H,14-15H2,1H3,(H,28,32)(H,30,34)/t21-/m0/s1. The summed E-state index contributed by atoms with van der Waals surface area (Å²) in [5, 5.41) is 2.70. The highest BCUT2D eigenvalue weighted by Gasteiger charge is 2.39. The maximum absolute atomic E-state index is 12.8. The number of halogens is 1. The Kier molecular flexibility index (Phi) is 8.16. The molecule has 3 N–H and O–H groups in total. The van der Waals surface area contributed by atoms with E-state index < -0.39 is 29.7 Å². The number of nitrogens with one attached hydrogen (secondary N) is 3. The van der Waals surface area contributed by atoms with E-state index in [2.05, 4.69) is 32.1 Å². The number of imide groups is 1. The van der Waals surface area contributed by atoms with Crippen molar-refractivity contribution in [3.05, 3.63) is 82.8 Å². The predicted molar refractivity (Wildman–Crippen MR) is 139 cm³/mol. The molecule has 0 saturated carbocycles. The molecule has 0 radical (unpaired) electrons. The number of carbonyl (C=O) groups excluding carboxylic acids is 4. The van der Waals surface area contributed by atoms with E-state index in [1.54, 1.807) is 66.7 Å². The number of hydrogen-bond acceptors (Lipinski definition) is 7. The average molecular weight is 567 g/mol. The molecule has 4 amide bonds. The normalized spacial score (nSPS) is 14.9. The third-order valence-electron chi connectivity index (χ3n) is 5.46. The summed E-state index contributed by atoms with van der Waals surface area (Å²) in [4.78, 5) is 51.4. The number of hydrogen-bond donors (Lipinski definition) is 3. The molecule has 0 aromatic heterocycles. The van der Waals surface area contributed by atoms with E-state index >= 15 is 0 Å². The number of hydrazine groups is 1. The number of methoxy groups -OCH3 is 1. The van der Waals surface area contributed by atoms with Crippen molar-refractivity contribution in [2.24, 2.45) is 0 Å². The van der Waals surface area contributed by atoms with Crippen LogP contribution in [0.1, 0.15) is 16.8 Å². The molecule has 1 atom stereocenters. The van der Waals surface area contributed by atoms with Crippen molar-refractivity contribution < 1.29 is 28.7 Å². The van der Waals surface area contributed by atoms with Crippen LogP contribution in [0.4, 0.5) is 11.4 Å². The molecule has 190 valence electrons. The minimum atomic E-state index is -0.941. The van der Waals surface area contributed by atoms with Gasteiger partial charge in [-0.05, 0) is 60.7 Å². The summed E-state index contributed by atoms with van der Waals surface area (Å²) in [6.07, 6.45) is -0.125. The molecule has 3 aromatic carbocycles. The predicted octanol–water partition coefficient (Wildman–Crippen LogP) is 3.04. The zero-order valence-corrected chi connectivity index (χ0v) is 21.3. The van der Waals surface area contributed by atoms with E-state index in [1.165, 1.54) is 13.2 Å². The Morgan fingerprint density at radius 1 is 1.00 bits per heavy atom. The number of para-hydroxylation sites is 1. The molecule has 1 aliphatic heterocycles. The molecule has 4 rings (SSSR count). The molecule has 1 saturated heterocycles. The number of benzene rings is 3. The highest BCUT2D eigenvalue weighted by Crippen LogP contribution is 2.25. The zero-order chi connectivity index (χ0) is 26.4. The Morgan fingerprint density at radius 3 is 2.41 bits per heavy atom. The van der Waals surface area contributed by atoms with Crippen molar-refractivity contribution in [1.82, 2.24) is 10.9 Å². The molecule has 11 heteroatoms. The molecule has 3 aromatic rings. The van der Waals surface area contributed by atoms with E-state index in [-0.39, 0.29) is 24.3 Å². The summed E-state index contributed by atoms with van der Waals surface area (Å²) in [6.45, 7) is -0.319. The number of anilines is 2. The fraction of sp³-hybridized carbons (Fsp3) is 0.154. The first-order valence-electron chi connectivity index (χ1n) is 11.2. The smallest absolute Gasteiger partial charge is 0.269 e. The Balaban J connectivity index is 1.34. The summed E-state index contributed by atoms with van der Waals surface area (Å²) in [5.74, 6) is -1.11. The minimum Gasteiger partial charge on any atom is -0.497 e. The van der Waals surface area contributed by atoms with E-state index in [9.17, 15) is 19.2 Å². The van der Waals surface area contributed by atoms with Crippen LogP contribution in [0.15, 0.2) is 77.3 Å². The van der Waals surface area contributed by atoms with Crippen LogP contribution in [0.3, 0.4) is 0 Å². The lowest BCUT2D eigenvalue weighted by Crippen LogP contribution is -2.48. The first-order chi connectivity index (χ1) is 17.9. The second-order valence-corrected chi connectivity index (χ2v) is 8.88. The van der Waals surface area contributed by atoms with Gasteiger partial charge in [-0.2, -0.15) is 0 Å². The van der Waals surface area contributed by atoms with Gasteiger partial charge in [-0.1, -0.05) is 28.1 Å². The molecular formula is C26H23BrN4O6. The molecule has 10 nitrogen and oxygen atoms in total. The van der Waals surface area contributed by atoms with Crippen molar-refractivity contribution in [2.75, 3.05) is 23.9 Å². The summed E-state index contributed by atoms with van der Waals surface area (Å²) < 4.78 is 11.6. The van der Waals surface area contributed by atoms with E-state index in [0.717, 1.165) is 9.37 Å². The summed E-state index contributed by atoms with van der Waals surface area (Å²) in [7, 11) is 1.52. The van der Waals surface area contributed by atoms with Gasteiger partial charge in [-0.15, -0.1) is 0 Å². The topological polar surface area (TPSA) is 126 Å². The third kappa shape index (κ3) is 6.32. The monoisotopic (exact) mass is 566 g/mol. The number of rotatable bonds is 9. The molecule has 1 aliphatic rings. The largest absolute Gasteiger partial charge is 0.497 e. The Labute approximate surface area is 221 Å². The first kappa shape index (κ1) is 25.9. The molecular weight excluding hydrogens is 544 g/mol. The number of nitrogens with zero attached hydrogens (tertiary/aromatic N) is 1. The Morgan fingerprint density at radius 2 is 1.70 bits per heavy atom. The highest BCUT2D eigenvalue weighted by molar-refractivity contribution is 9.10. The van der Waals surface area contributed by atoms with Gasteiger partial charge in [-0.3, -0.25) is 24.6 Å². The maximum atomic E-state index is 12.8. The zero-order valence-electron chi connectivity index (χ0n) is 19.7. The van der Waals surface area contributed by atoms with Crippen LogP contribution < -0.4 is 30.5 Å². The van der Waals surface area contributed by atoms with Gasteiger partial charge in [0.05, 0.1) is 24.8 Å². The van der Waals surface area contributed by atoms with E-state index in [4.69, 9.17) is 9.47 Å². The fourth-order valence-corrected chi connectivity index (χ4v) is 3.89. The van der Waals surface area contributed by atoms with Gasteiger partial charge in [0.15, 0.2) is 6.61 Å². The minimum absolute atomic E-state index is 0.125. The van der Waals surface area contributed by atoms with Crippen LogP contribution >= 0.6 is 15.9 Å². The number of carbonyl (C=O) groups is 4. The van der Waals surface area contributed by atoms with Crippen molar-refractivity contribution >= 4 is 50.9 Å². The van der Waals surface area contributed by atoms with Crippen LogP contribution in [0.25, 0.3) is 0 Å². The number of ether oxygens (including phenoxy) is 2. The highest BCUT2D eigenvalue weighted by atomic mass is 79.9. The molecule has 1 fully saturated rings. The first-order valence-corrected chi connectivity index (χ1v) is 12.0. The molecule has 37 heavy (non-hydrogen) atoms. The molecule has 1 heterocycles. The van der Waals surface area contributed by atoms with Crippen LogP contribution in [0.2, 0.25) is 0 Å². The Hall–Kier alpha value is -4.22. The van der Waals surface area contributed by atoms with Crippen molar-refractivity contribution in [3.8, 4) is 11.5 Å². The lowest BCUT2D eigenvalue weighted by atomic mass is 10.2. The van der Waals surface area contributed by atoms with Gasteiger partial charge < -0.3 is 14.8 Å². The fourth-order valence-electron chi connectivity index (χ4n) is 3.62. The summed E-state index contributed by atoms with van der Waals surface area (Å²) >= 11 is 3.33. The van der Waals surface area contributed by atoms with Crippen molar-refractivity contribution in [1.29, 1.82) is 0 Å². The number of amides is 4. The van der Waals surface area contributed by atoms with Crippen LogP contribution in [0, 0.1) is 0 Å². The van der Waals surface area contributed by atoms with Crippen LogP contribution in [0.5, 0.6) is 11.5 Å². The van der Waals surface area contributed by atoms with E-state index in [0.29, 0.717) is 17.1 Å².